The van der Waals surface area contributed by atoms with E-state index >= 15 is 0 Å². The van der Waals surface area contributed by atoms with Crippen molar-refractivity contribution < 1.29 is 24.1 Å². The fourth-order valence-corrected chi connectivity index (χ4v) is 4.07. The van der Waals surface area contributed by atoms with Crippen LogP contribution < -0.4 is 18.9 Å². The molecule has 3 atom stereocenters. The fourth-order valence-electron chi connectivity index (χ4n) is 4.07. The molecule has 5 heteroatoms. The van der Waals surface area contributed by atoms with Crippen molar-refractivity contribution in [2.24, 2.45) is 0 Å². The van der Waals surface area contributed by atoms with Gasteiger partial charge in [0.15, 0.2) is 11.5 Å². The van der Waals surface area contributed by atoms with Gasteiger partial charge in [-0.15, -0.1) is 0 Å². The van der Waals surface area contributed by atoms with Crippen molar-refractivity contribution in [2.75, 3.05) is 13.7 Å². The molecule has 3 unspecified atom stereocenters. The van der Waals surface area contributed by atoms with E-state index in [1.54, 1.807) is 6.07 Å². The van der Waals surface area contributed by atoms with Crippen molar-refractivity contribution in [2.45, 2.75) is 31.5 Å². The average Bonchev–Trinajstić information content (AvgIpc) is 3.21. The van der Waals surface area contributed by atoms with Crippen molar-refractivity contribution in [1.82, 2.24) is 0 Å². The highest BCUT2D eigenvalue weighted by molar-refractivity contribution is 5.61. The molecule has 2 aromatic carbocycles. The van der Waals surface area contributed by atoms with Crippen LogP contribution in [0.2, 0.25) is 0 Å². The van der Waals surface area contributed by atoms with Gasteiger partial charge in [0.05, 0.1) is 19.6 Å². The number of fused-ring (bicyclic) bond motifs is 6. The van der Waals surface area contributed by atoms with Gasteiger partial charge in [0.2, 0.25) is 5.75 Å². The van der Waals surface area contributed by atoms with Gasteiger partial charge in [-0.05, 0) is 30.2 Å². The average molecular weight is 352 g/mol. The van der Waals surface area contributed by atoms with E-state index < -0.39 is 0 Å². The summed E-state index contributed by atoms with van der Waals surface area (Å²) >= 11 is 0. The van der Waals surface area contributed by atoms with E-state index in [2.05, 4.69) is 12.6 Å². The van der Waals surface area contributed by atoms with Crippen LogP contribution in [0.1, 0.15) is 35.6 Å². The molecule has 134 valence electrons. The van der Waals surface area contributed by atoms with Crippen LogP contribution in [0.4, 0.5) is 0 Å². The maximum absolute atomic E-state index is 10.4. The Bertz CT molecular complexity index is 932. The molecule has 2 aromatic rings. The van der Waals surface area contributed by atoms with Crippen LogP contribution in [0.15, 0.2) is 36.4 Å². The quantitative estimate of drug-likeness (QED) is 0.831. The third kappa shape index (κ3) is 2.03. The molecule has 0 bridgehead atoms. The zero-order chi connectivity index (χ0) is 18.0. The van der Waals surface area contributed by atoms with Crippen molar-refractivity contribution in [3.63, 3.8) is 0 Å². The summed E-state index contributed by atoms with van der Waals surface area (Å²) < 4.78 is 23.4. The summed E-state index contributed by atoms with van der Waals surface area (Å²) in [5, 5.41) is 10.4. The molecule has 3 heterocycles. The Morgan fingerprint density at radius 2 is 2.04 bits per heavy atom. The Morgan fingerprint density at radius 3 is 2.81 bits per heavy atom. The predicted octanol–water partition coefficient (Wildman–Crippen LogP) is 3.89. The molecule has 3 aliphatic rings. The first-order chi connectivity index (χ1) is 12.6. The molecule has 0 fully saturated rings. The van der Waals surface area contributed by atoms with Gasteiger partial charge in [-0.3, -0.25) is 0 Å². The van der Waals surface area contributed by atoms with E-state index in [0.717, 1.165) is 40.2 Å². The van der Waals surface area contributed by atoms with Crippen LogP contribution in [0.3, 0.4) is 0 Å². The second kappa shape index (κ2) is 5.34. The molecule has 3 aliphatic heterocycles. The first kappa shape index (κ1) is 15.4. The van der Waals surface area contributed by atoms with Crippen LogP contribution in [-0.4, -0.2) is 24.9 Å². The molecule has 0 aliphatic carbocycles. The number of hydrogen-bond donors (Lipinski definition) is 1. The highest BCUT2D eigenvalue weighted by atomic mass is 16.5. The van der Waals surface area contributed by atoms with Gasteiger partial charge in [0, 0.05) is 23.6 Å². The lowest BCUT2D eigenvalue weighted by molar-refractivity contribution is 0.136. The highest BCUT2D eigenvalue weighted by Gasteiger charge is 2.43. The molecule has 0 amide bonds. The molecule has 5 rings (SSSR count). The van der Waals surface area contributed by atoms with E-state index in [1.165, 1.54) is 7.11 Å². The van der Waals surface area contributed by atoms with E-state index in [9.17, 15) is 5.11 Å². The molecule has 0 saturated heterocycles. The van der Waals surface area contributed by atoms with Gasteiger partial charge < -0.3 is 24.1 Å². The summed E-state index contributed by atoms with van der Waals surface area (Å²) in [5.41, 5.74) is 4.11. The first-order valence-electron chi connectivity index (χ1n) is 8.75. The minimum absolute atomic E-state index is 0.0136. The number of phenolic OH excluding ortho intramolecular Hbond substituents is 1. The Balaban J connectivity index is 1.55. The molecular weight excluding hydrogens is 332 g/mol. The number of phenols is 1. The lowest BCUT2D eigenvalue weighted by atomic mass is 9.88. The summed E-state index contributed by atoms with van der Waals surface area (Å²) in [6, 6.07) is 7.78. The van der Waals surface area contributed by atoms with Crippen LogP contribution in [0, 0.1) is 0 Å². The van der Waals surface area contributed by atoms with Crippen LogP contribution in [-0.2, 0) is 6.42 Å². The zero-order valence-electron chi connectivity index (χ0n) is 14.7. The molecule has 1 N–H and O–H groups in total. The topological polar surface area (TPSA) is 57.2 Å². The highest BCUT2D eigenvalue weighted by Crippen LogP contribution is 2.56. The van der Waals surface area contributed by atoms with Crippen LogP contribution in [0.25, 0.3) is 0 Å². The van der Waals surface area contributed by atoms with Crippen molar-refractivity contribution >= 4 is 0 Å². The molecule has 0 aromatic heterocycles. The minimum Gasteiger partial charge on any atom is -0.502 e. The summed E-state index contributed by atoms with van der Waals surface area (Å²) in [5.74, 6) is 2.64. The Hall–Kier alpha value is -2.82. The monoisotopic (exact) mass is 352 g/mol. The number of aromatic hydroxyl groups is 1. The molecule has 0 spiro atoms. The fraction of sp³-hybridized carbons (Fsp3) is 0.333. The smallest absolute Gasteiger partial charge is 0.201 e. The lowest BCUT2D eigenvalue weighted by Crippen LogP contribution is -2.23. The summed E-state index contributed by atoms with van der Waals surface area (Å²) in [6.07, 6.45) is 0.641. The third-order valence-electron chi connectivity index (χ3n) is 5.50. The van der Waals surface area contributed by atoms with Gasteiger partial charge in [0.1, 0.15) is 23.7 Å². The normalized spacial score (nSPS) is 24.3. The van der Waals surface area contributed by atoms with Gasteiger partial charge >= 0.3 is 0 Å². The Labute approximate surface area is 151 Å². The molecule has 0 radical (unpaired) electrons. The van der Waals surface area contributed by atoms with E-state index in [4.69, 9.17) is 18.9 Å². The number of ether oxygens (including phenoxy) is 4. The second-order valence-electron chi connectivity index (χ2n) is 7.15. The summed E-state index contributed by atoms with van der Waals surface area (Å²) in [4.78, 5) is 0. The van der Waals surface area contributed by atoms with Crippen LogP contribution in [0.5, 0.6) is 28.7 Å². The third-order valence-corrected chi connectivity index (χ3v) is 5.50. The molecule has 26 heavy (non-hydrogen) atoms. The zero-order valence-corrected chi connectivity index (χ0v) is 14.7. The summed E-state index contributed by atoms with van der Waals surface area (Å²) in [6.45, 7) is 6.48. The molecule has 0 saturated carbocycles. The van der Waals surface area contributed by atoms with Gasteiger partial charge in [0.25, 0.3) is 0 Å². The Kier molecular flexibility index (Phi) is 3.17. The predicted molar refractivity (Wildman–Crippen MR) is 95.6 cm³/mol. The lowest BCUT2D eigenvalue weighted by Gasteiger charge is -2.28. The van der Waals surface area contributed by atoms with Gasteiger partial charge in [-0.1, -0.05) is 12.6 Å². The molecular formula is C21H20O5. The first-order valence-corrected chi connectivity index (χ1v) is 8.75. The standard InChI is InChI=1S/C21H20O5/c1-10(2)16-7-11-6-13-18(8-17(11)25-16)24-9-14-12-4-5-15(23-3)19(22)21(12)26-20(13)14/h4-6,8,14,16,20,22H,1,7,9H2,2-3H3. The summed E-state index contributed by atoms with van der Waals surface area (Å²) in [7, 11) is 1.53. The van der Waals surface area contributed by atoms with Crippen molar-refractivity contribution in [3.05, 3.63) is 53.1 Å². The number of benzene rings is 2. The second-order valence-corrected chi connectivity index (χ2v) is 7.15. The van der Waals surface area contributed by atoms with Gasteiger partial charge in [-0.25, -0.2) is 0 Å². The largest absolute Gasteiger partial charge is 0.502 e. The maximum atomic E-state index is 10.4. The van der Waals surface area contributed by atoms with Crippen LogP contribution >= 0.6 is 0 Å². The van der Waals surface area contributed by atoms with E-state index in [0.29, 0.717) is 18.1 Å². The molecule has 5 nitrogen and oxygen atoms in total. The maximum Gasteiger partial charge on any atom is 0.201 e. The number of rotatable bonds is 2. The number of hydrogen-bond acceptors (Lipinski definition) is 5. The SMILES string of the molecule is C=C(C)C1Cc2cc3c(cc2O1)OCC1c2ccc(OC)c(O)c2OC31. The van der Waals surface area contributed by atoms with E-state index in [-0.39, 0.29) is 23.9 Å². The van der Waals surface area contributed by atoms with Crippen molar-refractivity contribution in [1.29, 1.82) is 0 Å². The van der Waals surface area contributed by atoms with Crippen molar-refractivity contribution in [3.8, 4) is 28.7 Å². The number of methoxy groups -OCH3 is 1. The Morgan fingerprint density at radius 1 is 1.19 bits per heavy atom. The van der Waals surface area contributed by atoms with E-state index in [1.807, 2.05) is 19.1 Å². The minimum atomic E-state index is -0.180. The van der Waals surface area contributed by atoms with Gasteiger partial charge in [-0.2, -0.15) is 0 Å².